The van der Waals surface area contributed by atoms with Crippen LogP contribution in [0.2, 0.25) is 0 Å². The Bertz CT molecular complexity index is 739. The fourth-order valence-corrected chi connectivity index (χ4v) is 2.46. The van der Waals surface area contributed by atoms with E-state index < -0.39 is 0 Å². The Hall–Kier alpha value is -2.66. The molecule has 0 fully saturated rings. The van der Waals surface area contributed by atoms with Crippen LogP contribution in [-0.4, -0.2) is 17.9 Å². The lowest BCUT2D eigenvalue weighted by Crippen LogP contribution is -2.26. The van der Waals surface area contributed by atoms with Crippen molar-refractivity contribution >= 4 is 11.8 Å². The lowest BCUT2D eigenvalue weighted by atomic mass is 10.1. The molecule has 2 rings (SSSR count). The second kappa shape index (κ2) is 9.73. The minimum absolute atomic E-state index is 0.0151. The van der Waals surface area contributed by atoms with Gasteiger partial charge in [-0.1, -0.05) is 42.0 Å². The summed E-state index contributed by atoms with van der Waals surface area (Å²) in [6.07, 6.45) is 1.07. The largest absolute Gasteiger partial charge is 0.352 e. The summed E-state index contributed by atoms with van der Waals surface area (Å²) in [6, 6.07) is 15.4. The number of hydrogen-bond acceptors (Lipinski definition) is 3. The molecule has 0 saturated heterocycles. The highest BCUT2D eigenvalue weighted by molar-refractivity contribution is 5.94. The molecule has 26 heavy (non-hydrogen) atoms. The third-order valence-corrected chi connectivity index (χ3v) is 4.08. The molecule has 4 N–H and O–H groups in total. The number of nitrogens with one attached hydrogen (secondary N) is 2. The zero-order valence-corrected chi connectivity index (χ0v) is 15.4. The summed E-state index contributed by atoms with van der Waals surface area (Å²) in [4.78, 5) is 24.1. The third-order valence-electron chi connectivity index (χ3n) is 4.08. The van der Waals surface area contributed by atoms with E-state index in [9.17, 15) is 9.59 Å². The first-order valence-corrected chi connectivity index (χ1v) is 8.89. The Kier molecular flexibility index (Phi) is 7.36. The second-order valence-electron chi connectivity index (χ2n) is 6.66. The van der Waals surface area contributed by atoms with E-state index in [0.29, 0.717) is 31.5 Å². The molecule has 2 amide bonds. The molecule has 5 heteroatoms. The monoisotopic (exact) mass is 353 g/mol. The second-order valence-corrected chi connectivity index (χ2v) is 6.66. The number of rotatable bonds is 8. The maximum absolute atomic E-state index is 12.3. The predicted molar refractivity (Wildman–Crippen MR) is 104 cm³/mol. The third kappa shape index (κ3) is 6.69. The van der Waals surface area contributed by atoms with Gasteiger partial charge in [-0.25, -0.2) is 0 Å². The first-order chi connectivity index (χ1) is 12.4. The van der Waals surface area contributed by atoms with Crippen LogP contribution in [0.3, 0.4) is 0 Å². The molecule has 0 heterocycles. The van der Waals surface area contributed by atoms with Gasteiger partial charge < -0.3 is 16.4 Å². The van der Waals surface area contributed by atoms with E-state index in [0.717, 1.165) is 11.1 Å². The van der Waals surface area contributed by atoms with Crippen LogP contribution in [0, 0.1) is 6.92 Å². The van der Waals surface area contributed by atoms with E-state index >= 15 is 0 Å². The van der Waals surface area contributed by atoms with Gasteiger partial charge in [-0.3, -0.25) is 9.59 Å². The summed E-state index contributed by atoms with van der Waals surface area (Å²) in [5, 5.41) is 5.78. The van der Waals surface area contributed by atoms with Crippen LogP contribution in [-0.2, 0) is 17.9 Å². The van der Waals surface area contributed by atoms with Gasteiger partial charge >= 0.3 is 0 Å². The van der Waals surface area contributed by atoms with Crippen molar-refractivity contribution in [2.24, 2.45) is 5.73 Å². The van der Waals surface area contributed by atoms with Gasteiger partial charge in [0, 0.05) is 31.1 Å². The maximum Gasteiger partial charge on any atom is 0.251 e. The highest BCUT2D eigenvalue weighted by Crippen LogP contribution is 2.07. The molecule has 1 atom stereocenters. The number of amides is 2. The number of hydrogen-bond donors (Lipinski definition) is 3. The van der Waals surface area contributed by atoms with Crippen molar-refractivity contribution in [2.45, 2.75) is 45.8 Å². The van der Waals surface area contributed by atoms with Crippen LogP contribution in [0.1, 0.15) is 46.8 Å². The number of carbonyl (C=O) groups is 2. The van der Waals surface area contributed by atoms with Crippen molar-refractivity contribution in [1.29, 1.82) is 0 Å². The van der Waals surface area contributed by atoms with Crippen molar-refractivity contribution in [2.75, 3.05) is 0 Å². The molecule has 0 aliphatic rings. The van der Waals surface area contributed by atoms with Gasteiger partial charge in [-0.05, 0) is 43.5 Å². The van der Waals surface area contributed by atoms with Crippen LogP contribution < -0.4 is 16.4 Å². The summed E-state index contributed by atoms with van der Waals surface area (Å²) in [5.41, 5.74) is 9.38. The van der Waals surface area contributed by atoms with E-state index in [2.05, 4.69) is 10.6 Å². The molecular weight excluding hydrogens is 326 g/mol. The van der Waals surface area contributed by atoms with Gasteiger partial charge in [0.05, 0.1) is 0 Å². The molecule has 2 aromatic rings. The summed E-state index contributed by atoms with van der Waals surface area (Å²) < 4.78 is 0. The normalized spacial score (nSPS) is 11.7. The van der Waals surface area contributed by atoms with Crippen LogP contribution in [0.4, 0.5) is 0 Å². The molecule has 0 aromatic heterocycles. The minimum atomic E-state index is -0.129. The number of benzene rings is 2. The molecule has 138 valence electrons. The Morgan fingerprint density at radius 3 is 2.38 bits per heavy atom. The fourth-order valence-electron chi connectivity index (χ4n) is 2.46. The molecule has 5 nitrogen and oxygen atoms in total. The summed E-state index contributed by atoms with van der Waals surface area (Å²) in [6.45, 7) is 4.80. The average molecular weight is 353 g/mol. The highest BCUT2D eigenvalue weighted by atomic mass is 16.2. The molecule has 0 bridgehead atoms. The number of aryl methyl sites for hydroxylation is 1. The topological polar surface area (TPSA) is 84.2 Å². The molecule has 1 unspecified atom stereocenters. The first kappa shape index (κ1) is 19.7. The summed E-state index contributed by atoms with van der Waals surface area (Å²) in [7, 11) is 0. The predicted octanol–water partition coefficient (Wildman–Crippen LogP) is 2.67. The molecule has 0 aliphatic heterocycles. The van der Waals surface area contributed by atoms with Gasteiger partial charge in [0.25, 0.3) is 5.91 Å². The molecule has 0 saturated carbocycles. The molecule has 2 aromatic carbocycles. The van der Waals surface area contributed by atoms with Gasteiger partial charge in [0.15, 0.2) is 0 Å². The molecule has 0 spiro atoms. The smallest absolute Gasteiger partial charge is 0.251 e. The van der Waals surface area contributed by atoms with E-state index in [-0.39, 0.29) is 17.9 Å². The Morgan fingerprint density at radius 1 is 1.00 bits per heavy atom. The van der Waals surface area contributed by atoms with E-state index in [1.807, 2.05) is 50.2 Å². The van der Waals surface area contributed by atoms with Crippen LogP contribution in [0.25, 0.3) is 0 Å². The van der Waals surface area contributed by atoms with Gasteiger partial charge in [0.1, 0.15) is 0 Å². The van der Waals surface area contributed by atoms with Crippen molar-refractivity contribution in [3.05, 3.63) is 70.8 Å². The standard InChI is InChI=1S/C21H27N3O2/c1-15-6-9-17(10-7-15)13-24-21(26)19-5-3-4-18(12-19)14-23-20(25)11-8-16(2)22/h3-7,9-10,12,16H,8,11,13-14,22H2,1-2H3,(H,23,25)(H,24,26). The fraction of sp³-hybridized carbons (Fsp3) is 0.333. The highest BCUT2D eigenvalue weighted by Gasteiger charge is 2.08. The first-order valence-electron chi connectivity index (χ1n) is 8.89. The molecular formula is C21H27N3O2. The van der Waals surface area contributed by atoms with Gasteiger partial charge in [0.2, 0.25) is 5.91 Å². The Labute approximate surface area is 155 Å². The van der Waals surface area contributed by atoms with Gasteiger partial charge in [-0.2, -0.15) is 0 Å². The van der Waals surface area contributed by atoms with E-state index in [1.165, 1.54) is 5.56 Å². The quantitative estimate of drug-likeness (QED) is 0.682. The molecule has 0 aliphatic carbocycles. The van der Waals surface area contributed by atoms with Crippen LogP contribution in [0.15, 0.2) is 48.5 Å². The lowest BCUT2D eigenvalue weighted by molar-refractivity contribution is -0.121. The van der Waals surface area contributed by atoms with E-state index in [4.69, 9.17) is 5.73 Å². The Balaban J connectivity index is 1.86. The lowest BCUT2D eigenvalue weighted by Gasteiger charge is -2.09. The van der Waals surface area contributed by atoms with Crippen LogP contribution >= 0.6 is 0 Å². The molecule has 0 radical (unpaired) electrons. The zero-order valence-electron chi connectivity index (χ0n) is 15.4. The zero-order chi connectivity index (χ0) is 18.9. The summed E-state index contributed by atoms with van der Waals surface area (Å²) >= 11 is 0. The number of nitrogens with two attached hydrogens (primary N) is 1. The van der Waals surface area contributed by atoms with E-state index in [1.54, 1.807) is 12.1 Å². The van der Waals surface area contributed by atoms with Crippen molar-refractivity contribution in [1.82, 2.24) is 10.6 Å². The summed E-state index contributed by atoms with van der Waals surface area (Å²) in [5.74, 6) is -0.160. The maximum atomic E-state index is 12.3. The SMILES string of the molecule is Cc1ccc(CNC(=O)c2cccc(CNC(=O)CCC(C)N)c2)cc1. The van der Waals surface area contributed by atoms with Crippen molar-refractivity contribution in [3.63, 3.8) is 0 Å². The van der Waals surface area contributed by atoms with Crippen molar-refractivity contribution in [3.8, 4) is 0 Å². The Morgan fingerprint density at radius 2 is 1.69 bits per heavy atom. The van der Waals surface area contributed by atoms with Crippen LogP contribution in [0.5, 0.6) is 0 Å². The van der Waals surface area contributed by atoms with Gasteiger partial charge in [-0.15, -0.1) is 0 Å². The van der Waals surface area contributed by atoms with Crippen molar-refractivity contribution < 1.29 is 9.59 Å². The average Bonchev–Trinajstić information content (AvgIpc) is 2.64. The number of carbonyl (C=O) groups excluding carboxylic acids is 2. The minimum Gasteiger partial charge on any atom is -0.352 e.